The van der Waals surface area contributed by atoms with Crippen LogP contribution in [0.15, 0.2) is 71.5 Å². The molecule has 0 aliphatic rings. The molecule has 2 aromatic carbocycles. The van der Waals surface area contributed by atoms with Gasteiger partial charge >= 0.3 is 0 Å². The molecule has 0 aliphatic carbocycles. The third kappa shape index (κ3) is 4.89. The molecule has 0 saturated heterocycles. The normalized spacial score (nSPS) is 11.3. The Hall–Kier alpha value is -3.12. The lowest BCUT2D eigenvalue weighted by atomic mass is 9.94. The third-order valence-corrected chi connectivity index (χ3v) is 6.01. The van der Waals surface area contributed by atoms with E-state index < -0.39 is 10.0 Å². The summed E-state index contributed by atoms with van der Waals surface area (Å²) in [5, 5.41) is 0.883. The van der Waals surface area contributed by atoms with Gasteiger partial charge in [0.05, 0.1) is 0 Å². The maximum Gasteiger partial charge on any atom is 0.254 e. The topological polar surface area (TPSA) is 68.2 Å². The molecule has 0 saturated carbocycles. The van der Waals surface area contributed by atoms with Crippen LogP contribution in [0.5, 0.6) is 0 Å². The van der Waals surface area contributed by atoms with E-state index in [1.807, 2.05) is 32.0 Å². The van der Waals surface area contributed by atoms with Crippen LogP contribution in [0.4, 0.5) is 5.69 Å². The minimum absolute atomic E-state index is 0.0233. The Morgan fingerprint density at radius 1 is 1.07 bits per heavy atom. The number of rotatable bonds is 7. The van der Waals surface area contributed by atoms with Crippen molar-refractivity contribution in [3.8, 4) is 11.1 Å². The van der Waals surface area contributed by atoms with Gasteiger partial charge in [-0.3, -0.25) is 9.52 Å². The fraction of sp³-hybridized carbons (Fsp3) is 0.208. The lowest BCUT2D eigenvalue weighted by molar-refractivity contribution is 0.609. The molecule has 1 N–H and O–H groups in total. The number of aryl methyl sites for hydroxylation is 3. The van der Waals surface area contributed by atoms with Crippen molar-refractivity contribution in [1.29, 1.82) is 0 Å². The smallest absolute Gasteiger partial charge is 0.254 e. The van der Waals surface area contributed by atoms with Crippen LogP contribution in [0.1, 0.15) is 29.2 Å². The number of sulfonamides is 1. The summed E-state index contributed by atoms with van der Waals surface area (Å²) in [6.45, 7) is 7.34. The van der Waals surface area contributed by atoms with E-state index in [4.69, 9.17) is 0 Å². The van der Waals surface area contributed by atoms with E-state index in [-0.39, 0.29) is 5.56 Å². The number of hydrogen-bond donors (Lipinski definition) is 1. The van der Waals surface area contributed by atoms with Crippen molar-refractivity contribution < 1.29 is 8.42 Å². The summed E-state index contributed by atoms with van der Waals surface area (Å²) in [5.74, 6) is 0. The van der Waals surface area contributed by atoms with Crippen molar-refractivity contribution in [3.63, 3.8) is 0 Å². The molecular weight excluding hydrogens is 396 g/mol. The summed E-state index contributed by atoms with van der Waals surface area (Å²) in [7, 11) is -1.89. The molecule has 3 rings (SSSR count). The van der Waals surface area contributed by atoms with Crippen molar-refractivity contribution in [2.45, 2.75) is 26.7 Å². The molecule has 156 valence electrons. The highest BCUT2D eigenvalue weighted by atomic mass is 32.2. The lowest BCUT2D eigenvalue weighted by Gasteiger charge is -2.15. The molecule has 30 heavy (non-hydrogen) atoms. The maximum atomic E-state index is 12.3. The molecule has 1 aromatic heterocycles. The predicted octanol–water partition coefficient (Wildman–Crippen LogP) is 4.40. The van der Waals surface area contributed by atoms with E-state index in [1.54, 1.807) is 23.9 Å². The molecule has 0 fully saturated rings. The second-order valence-corrected chi connectivity index (χ2v) is 9.00. The molecule has 0 bridgehead atoms. The molecule has 0 unspecified atom stereocenters. The van der Waals surface area contributed by atoms with E-state index in [1.165, 1.54) is 5.56 Å². The summed E-state index contributed by atoms with van der Waals surface area (Å²) in [6.07, 6.45) is 3.10. The van der Waals surface area contributed by atoms with Gasteiger partial charge in [-0.05, 0) is 60.2 Å². The predicted molar refractivity (Wildman–Crippen MR) is 123 cm³/mol. The van der Waals surface area contributed by atoms with Crippen molar-refractivity contribution >= 4 is 15.7 Å². The number of anilines is 1. The first-order valence-corrected chi connectivity index (χ1v) is 11.3. The van der Waals surface area contributed by atoms with Gasteiger partial charge in [-0.15, -0.1) is 0 Å². The average molecular weight is 423 g/mol. The molecule has 6 heteroatoms. The van der Waals surface area contributed by atoms with Gasteiger partial charge in [0.25, 0.3) is 15.6 Å². The fourth-order valence-electron chi connectivity index (χ4n) is 3.38. The third-order valence-electron chi connectivity index (χ3n) is 5.05. The molecule has 0 atom stereocenters. The van der Waals surface area contributed by atoms with E-state index in [9.17, 15) is 13.2 Å². The van der Waals surface area contributed by atoms with Crippen LogP contribution in [0, 0.1) is 6.92 Å². The number of nitrogens with zero attached hydrogens (tertiary/aromatic N) is 1. The molecular formula is C24H26N2O3S. The Morgan fingerprint density at radius 2 is 1.77 bits per heavy atom. The Balaban J connectivity index is 2.15. The van der Waals surface area contributed by atoms with Gasteiger partial charge in [0.15, 0.2) is 0 Å². The Bertz CT molecular complexity index is 1240. The Morgan fingerprint density at radius 3 is 2.40 bits per heavy atom. The van der Waals surface area contributed by atoms with E-state index in [2.05, 4.69) is 35.6 Å². The zero-order chi connectivity index (χ0) is 21.9. The number of benzene rings is 2. The Labute approximate surface area is 177 Å². The molecule has 0 radical (unpaired) electrons. The molecule has 0 aliphatic heterocycles. The standard InChI is InChI=1S/C24H26N2O3S/c1-5-19-14-21(16-26(4)24(19)27)23-15-22(25-30(28,29)6-2)12-11-20(23)13-18-9-7-17(3)8-10-18/h6-12,14-16,25H,2,5,13H2,1,3-4H3. The molecule has 0 spiro atoms. The van der Waals surface area contributed by atoms with Crippen molar-refractivity contribution in [2.24, 2.45) is 7.05 Å². The highest BCUT2D eigenvalue weighted by Gasteiger charge is 2.13. The van der Waals surface area contributed by atoms with Crippen LogP contribution in [0.25, 0.3) is 11.1 Å². The molecule has 0 amide bonds. The second kappa shape index (κ2) is 8.71. The van der Waals surface area contributed by atoms with Gasteiger partial charge in [0.1, 0.15) is 0 Å². The van der Waals surface area contributed by atoms with Crippen molar-refractivity contribution in [1.82, 2.24) is 4.57 Å². The van der Waals surface area contributed by atoms with E-state index >= 15 is 0 Å². The van der Waals surface area contributed by atoms with E-state index in [0.29, 0.717) is 24.1 Å². The fourth-order valence-corrected chi connectivity index (χ4v) is 3.91. The number of pyridine rings is 1. The van der Waals surface area contributed by atoms with Gasteiger partial charge in [-0.2, -0.15) is 0 Å². The molecule has 1 heterocycles. The SMILES string of the molecule is C=CS(=O)(=O)Nc1ccc(Cc2ccc(C)cc2)c(-c2cc(CC)c(=O)n(C)c2)c1. The van der Waals surface area contributed by atoms with Gasteiger partial charge in [0, 0.05) is 29.9 Å². The monoisotopic (exact) mass is 422 g/mol. The van der Waals surface area contributed by atoms with Crippen LogP contribution in [-0.2, 0) is 29.9 Å². The van der Waals surface area contributed by atoms with Crippen molar-refractivity contribution in [2.75, 3.05) is 4.72 Å². The summed E-state index contributed by atoms with van der Waals surface area (Å²) in [5.41, 5.74) is 6.28. The average Bonchev–Trinajstić information content (AvgIpc) is 2.72. The number of hydrogen-bond acceptors (Lipinski definition) is 3. The zero-order valence-electron chi connectivity index (χ0n) is 17.5. The Kier molecular flexibility index (Phi) is 6.27. The minimum atomic E-state index is -3.62. The first-order chi connectivity index (χ1) is 14.2. The highest BCUT2D eigenvalue weighted by Crippen LogP contribution is 2.29. The van der Waals surface area contributed by atoms with E-state index in [0.717, 1.165) is 27.7 Å². The van der Waals surface area contributed by atoms with Gasteiger partial charge in [-0.25, -0.2) is 8.42 Å². The maximum absolute atomic E-state index is 12.3. The first kappa shape index (κ1) is 21.6. The highest BCUT2D eigenvalue weighted by molar-refractivity contribution is 7.95. The quantitative estimate of drug-likeness (QED) is 0.614. The summed E-state index contributed by atoms with van der Waals surface area (Å²) < 4.78 is 28.0. The van der Waals surface area contributed by atoms with Crippen LogP contribution in [-0.4, -0.2) is 13.0 Å². The summed E-state index contributed by atoms with van der Waals surface area (Å²) in [4.78, 5) is 12.3. The van der Waals surface area contributed by atoms with Crippen LogP contribution < -0.4 is 10.3 Å². The van der Waals surface area contributed by atoms with Crippen LogP contribution in [0.2, 0.25) is 0 Å². The minimum Gasteiger partial charge on any atom is -0.318 e. The van der Waals surface area contributed by atoms with Gasteiger partial charge in [-0.1, -0.05) is 49.4 Å². The summed E-state index contributed by atoms with van der Waals surface area (Å²) in [6, 6.07) is 15.7. The largest absolute Gasteiger partial charge is 0.318 e. The van der Waals surface area contributed by atoms with Gasteiger partial charge < -0.3 is 4.57 Å². The summed E-state index contributed by atoms with van der Waals surface area (Å²) >= 11 is 0. The number of nitrogens with one attached hydrogen (secondary N) is 1. The lowest BCUT2D eigenvalue weighted by Crippen LogP contribution is -2.20. The molecule has 5 nitrogen and oxygen atoms in total. The van der Waals surface area contributed by atoms with Crippen LogP contribution in [0.3, 0.4) is 0 Å². The first-order valence-electron chi connectivity index (χ1n) is 9.76. The van der Waals surface area contributed by atoms with Crippen molar-refractivity contribution in [3.05, 3.63) is 99.3 Å². The van der Waals surface area contributed by atoms with Gasteiger partial charge in [0.2, 0.25) is 0 Å². The van der Waals surface area contributed by atoms with Crippen LogP contribution >= 0.6 is 0 Å². The number of aromatic nitrogens is 1. The zero-order valence-corrected chi connectivity index (χ0v) is 18.3. The second-order valence-electron chi connectivity index (χ2n) is 7.37. The molecule has 3 aromatic rings.